The standard InChI is InChI=1S/C17H17N3.ClH/c1-20(2)16-10-6-9-13-14(16)11-15(19-17(13)18)12-7-4-3-5-8-12;/h3-11H,1-2H3,(H2,18,19);1H. The van der Waals surface area contributed by atoms with E-state index in [2.05, 4.69) is 22.0 Å². The van der Waals surface area contributed by atoms with Crippen molar-refractivity contribution in [1.29, 1.82) is 0 Å². The fourth-order valence-electron chi connectivity index (χ4n) is 2.43. The van der Waals surface area contributed by atoms with Gasteiger partial charge in [-0.05, 0) is 12.1 Å². The van der Waals surface area contributed by atoms with Crippen molar-refractivity contribution in [2.24, 2.45) is 0 Å². The highest BCUT2D eigenvalue weighted by molar-refractivity contribution is 6.01. The predicted molar refractivity (Wildman–Crippen MR) is 93.2 cm³/mol. The van der Waals surface area contributed by atoms with E-state index in [0.29, 0.717) is 5.82 Å². The molecule has 3 nitrogen and oxygen atoms in total. The van der Waals surface area contributed by atoms with Crippen molar-refractivity contribution in [2.75, 3.05) is 24.7 Å². The van der Waals surface area contributed by atoms with E-state index in [4.69, 9.17) is 5.73 Å². The van der Waals surface area contributed by atoms with Gasteiger partial charge in [-0.1, -0.05) is 42.5 Å². The Kier molecular flexibility index (Phi) is 4.34. The Labute approximate surface area is 130 Å². The number of anilines is 2. The Morgan fingerprint density at radius 3 is 2.29 bits per heavy atom. The fraction of sp³-hybridized carbons (Fsp3) is 0.118. The number of nitrogens with two attached hydrogens (primary N) is 1. The molecule has 0 saturated heterocycles. The van der Waals surface area contributed by atoms with Gasteiger partial charge in [0.05, 0.1) is 5.69 Å². The smallest absolute Gasteiger partial charge is 0.132 e. The van der Waals surface area contributed by atoms with E-state index in [0.717, 1.165) is 27.7 Å². The molecular formula is C17H18ClN3. The van der Waals surface area contributed by atoms with Crippen LogP contribution in [0, 0.1) is 0 Å². The van der Waals surface area contributed by atoms with Crippen molar-refractivity contribution in [3.05, 3.63) is 54.6 Å². The SMILES string of the molecule is CN(C)c1cccc2c(N)nc(-c3ccccc3)cc12.Cl. The first-order chi connectivity index (χ1) is 9.66. The van der Waals surface area contributed by atoms with Gasteiger partial charge in [0.15, 0.2) is 0 Å². The lowest BCUT2D eigenvalue weighted by molar-refractivity contribution is 1.14. The highest BCUT2D eigenvalue weighted by atomic mass is 35.5. The number of fused-ring (bicyclic) bond motifs is 1. The minimum absolute atomic E-state index is 0. The maximum atomic E-state index is 6.13. The van der Waals surface area contributed by atoms with E-state index >= 15 is 0 Å². The largest absolute Gasteiger partial charge is 0.383 e. The van der Waals surface area contributed by atoms with Crippen molar-refractivity contribution in [3.63, 3.8) is 0 Å². The van der Waals surface area contributed by atoms with Gasteiger partial charge in [0.25, 0.3) is 0 Å². The van der Waals surface area contributed by atoms with Crippen LogP contribution in [-0.2, 0) is 0 Å². The lowest BCUT2D eigenvalue weighted by atomic mass is 10.0. The van der Waals surface area contributed by atoms with Crippen LogP contribution in [0.3, 0.4) is 0 Å². The number of aromatic nitrogens is 1. The second-order valence-corrected chi connectivity index (χ2v) is 5.03. The van der Waals surface area contributed by atoms with E-state index in [1.807, 2.05) is 56.6 Å². The molecule has 0 radical (unpaired) electrons. The third-order valence-electron chi connectivity index (χ3n) is 3.43. The summed E-state index contributed by atoms with van der Waals surface area (Å²) in [5, 5.41) is 2.12. The molecule has 0 atom stereocenters. The maximum Gasteiger partial charge on any atom is 0.132 e. The lowest BCUT2D eigenvalue weighted by Crippen LogP contribution is -2.09. The molecule has 0 spiro atoms. The van der Waals surface area contributed by atoms with E-state index in [1.54, 1.807) is 0 Å². The number of hydrogen-bond acceptors (Lipinski definition) is 3. The molecule has 2 N–H and O–H groups in total. The number of halogens is 1. The Morgan fingerprint density at radius 2 is 1.62 bits per heavy atom. The fourth-order valence-corrected chi connectivity index (χ4v) is 2.43. The van der Waals surface area contributed by atoms with E-state index in [9.17, 15) is 0 Å². The van der Waals surface area contributed by atoms with Crippen LogP contribution in [0.1, 0.15) is 0 Å². The van der Waals surface area contributed by atoms with Crippen LogP contribution in [0.25, 0.3) is 22.0 Å². The maximum absolute atomic E-state index is 6.13. The first-order valence-electron chi connectivity index (χ1n) is 6.59. The summed E-state index contributed by atoms with van der Waals surface area (Å²) >= 11 is 0. The van der Waals surface area contributed by atoms with E-state index < -0.39 is 0 Å². The first kappa shape index (κ1) is 15.1. The van der Waals surface area contributed by atoms with Gasteiger partial charge >= 0.3 is 0 Å². The summed E-state index contributed by atoms with van der Waals surface area (Å²) in [4.78, 5) is 6.63. The molecule has 0 bridgehead atoms. The van der Waals surface area contributed by atoms with Gasteiger partial charge < -0.3 is 10.6 Å². The molecule has 0 aliphatic carbocycles. The normalized spacial score (nSPS) is 10.2. The number of nitrogen functional groups attached to an aromatic ring is 1. The van der Waals surface area contributed by atoms with Gasteiger partial charge in [0.2, 0.25) is 0 Å². The predicted octanol–water partition coefficient (Wildman–Crippen LogP) is 3.97. The molecule has 4 heteroatoms. The van der Waals surface area contributed by atoms with Gasteiger partial charge in [-0.3, -0.25) is 0 Å². The van der Waals surface area contributed by atoms with Crippen molar-refractivity contribution in [2.45, 2.75) is 0 Å². The molecule has 1 heterocycles. The summed E-state index contributed by atoms with van der Waals surface area (Å²) in [5.74, 6) is 0.574. The molecule has 0 fully saturated rings. The topological polar surface area (TPSA) is 42.1 Å². The van der Waals surface area contributed by atoms with Gasteiger partial charge in [-0.25, -0.2) is 4.98 Å². The Hall–Kier alpha value is -2.26. The quantitative estimate of drug-likeness (QED) is 0.778. The van der Waals surface area contributed by atoms with E-state index in [-0.39, 0.29) is 12.4 Å². The van der Waals surface area contributed by atoms with Crippen LogP contribution in [0.4, 0.5) is 11.5 Å². The summed E-state index contributed by atoms with van der Waals surface area (Å²) in [6.45, 7) is 0. The number of benzene rings is 2. The van der Waals surface area contributed by atoms with Crippen LogP contribution in [0.5, 0.6) is 0 Å². The van der Waals surface area contributed by atoms with Crippen molar-refractivity contribution in [3.8, 4) is 11.3 Å². The molecular weight excluding hydrogens is 282 g/mol. The summed E-state index contributed by atoms with van der Waals surface area (Å²) in [6, 6.07) is 18.3. The molecule has 0 saturated carbocycles. The van der Waals surface area contributed by atoms with Gasteiger partial charge in [0, 0.05) is 36.1 Å². The monoisotopic (exact) mass is 299 g/mol. The van der Waals surface area contributed by atoms with E-state index in [1.165, 1.54) is 0 Å². The zero-order valence-corrected chi connectivity index (χ0v) is 12.9. The molecule has 0 aliphatic heterocycles. The zero-order chi connectivity index (χ0) is 14.1. The van der Waals surface area contributed by atoms with Crippen LogP contribution in [0.2, 0.25) is 0 Å². The molecule has 0 unspecified atom stereocenters. The molecule has 1 aromatic heterocycles. The number of hydrogen-bond donors (Lipinski definition) is 1. The summed E-state index contributed by atoms with van der Waals surface area (Å²) in [7, 11) is 4.07. The van der Waals surface area contributed by atoms with Crippen LogP contribution < -0.4 is 10.6 Å². The van der Waals surface area contributed by atoms with Crippen LogP contribution >= 0.6 is 12.4 Å². The molecule has 3 aromatic rings. The zero-order valence-electron chi connectivity index (χ0n) is 12.1. The Bertz CT molecular complexity index is 755. The molecule has 3 rings (SSSR count). The third kappa shape index (κ3) is 2.78. The minimum atomic E-state index is 0. The average molecular weight is 300 g/mol. The van der Waals surface area contributed by atoms with Gasteiger partial charge in [-0.2, -0.15) is 0 Å². The van der Waals surface area contributed by atoms with Crippen molar-refractivity contribution >= 4 is 34.7 Å². The molecule has 21 heavy (non-hydrogen) atoms. The summed E-state index contributed by atoms with van der Waals surface area (Å²) in [5.41, 5.74) is 9.27. The molecule has 0 aliphatic rings. The highest BCUT2D eigenvalue weighted by Gasteiger charge is 2.09. The van der Waals surface area contributed by atoms with Crippen molar-refractivity contribution < 1.29 is 0 Å². The average Bonchev–Trinajstić information content (AvgIpc) is 2.47. The van der Waals surface area contributed by atoms with Crippen molar-refractivity contribution in [1.82, 2.24) is 4.98 Å². The number of pyridine rings is 1. The van der Waals surface area contributed by atoms with Crippen LogP contribution in [-0.4, -0.2) is 19.1 Å². The lowest BCUT2D eigenvalue weighted by Gasteiger charge is -2.16. The van der Waals surface area contributed by atoms with Gasteiger partial charge in [-0.15, -0.1) is 12.4 Å². The van der Waals surface area contributed by atoms with Gasteiger partial charge in [0.1, 0.15) is 5.82 Å². The second kappa shape index (κ2) is 6.02. The first-order valence-corrected chi connectivity index (χ1v) is 6.59. The number of rotatable bonds is 2. The third-order valence-corrected chi connectivity index (χ3v) is 3.43. The minimum Gasteiger partial charge on any atom is -0.383 e. The Morgan fingerprint density at radius 1 is 0.905 bits per heavy atom. The number of nitrogens with zero attached hydrogens (tertiary/aromatic N) is 2. The highest BCUT2D eigenvalue weighted by Crippen LogP contribution is 2.32. The molecule has 0 amide bonds. The Balaban J connectivity index is 0.00000161. The summed E-state index contributed by atoms with van der Waals surface area (Å²) < 4.78 is 0. The summed E-state index contributed by atoms with van der Waals surface area (Å²) in [6.07, 6.45) is 0. The van der Waals surface area contributed by atoms with Crippen LogP contribution in [0.15, 0.2) is 54.6 Å². The molecule has 108 valence electrons. The second-order valence-electron chi connectivity index (χ2n) is 5.03. The molecule has 2 aromatic carbocycles.